The molecule has 28 heavy (non-hydrogen) atoms. The van der Waals surface area contributed by atoms with Crippen molar-refractivity contribution in [2.75, 3.05) is 6.54 Å². The number of rotatable bonds is 6. The summed E-state index contributed by atoms with van der Waals surface area (Å²) in [5, 5.41) is 0. The van der Waals surface area contributed by atoms with Gasteiger partial charge in [0, 0.05) is 23.5 Å². The summed E-state index contributed by atoms with van der Waals surface area (Å²) < 4.78 is 25.3. The Balaban J connectivity index is 1.75. The van der Waals surface area contributed by atoms with E-state index in [0.29, 0.717) is 5.56 Å². The Bertz CT molecular complexity index is 1030. The maximum absolute atomic E-state index is 12.6. The number of hydrogen-bond acceptors (Lipinski definition) is 6. The highest BCUT2D eigenvalue weighted by Crippen LogP contribution is 2.19. The van der Waals surface area contributed by atoms with Gasteiger partial charge in [-0.25, -0.2) is 5.84 Å². The van der Waals surface area contributed by atoms with Crippen LogP contribution in [0.25, 0.3) is 0 Å². The first-order chi connectivity index (χ1) is 13.4. The Morgan fingerprint density at radius 3 is 2.25 bits per heavy atom. The largest absolute Gasteiger partial charge is 0.346 e. The second-order valence-electron chi connectivity index (χ2n) is 6.12. The molecule has 1 amide bonds. The molecular weight excluding hydrogens is 378 g/mol. The zero-order valence-corrected chi connectivity index (χ0v) is 15.7. The summed E-state index contributed by atoms with van der Waals surface area (Å²) in [5.41, 5.74) is 0.722. The van der Waals surface area contributed by atoms with Crippen LogP contribution in [0.3, 0.4) is 0 Å². The summed E-state index contributed by atoms with van der Waals surface area (Å²) >= 11 is 0. The minimum absolute atomic E-state index is 0.0211. The molecule has 0 spiro atoms. The van der Waals surface area contributed by atoms with Gasteiger partial charge in [-0.2, -0.15) is 12.8 Å². The first kappa shape index (κ1) is 19.5. The summed E-state index contributed by atoms with van der Waals surface area (Å²) in [4.78, 5) is 26.4. The molecule has 0 aliphatic carbocycles. The number of ketones is 1. The Labute approximate surface area is 163 Å². The number of Topliss-reactive ketones (excluding diaryl/α,β-unsaturated/α-hetero) is 1. The van der Waals surface area contributed by atoms with Crippen LogP contribution < -0.4 is 5.84 Å². The molecule has 0 unspecified atom stereocenters. The Hall–Kier alpha value is -3.23. The van der Waals surface area contributed by atoms with Gasteiger partial charge in [0.25, 0.3) is 15.9 Å². The van der Waals surface area contributed by atoms with E-state index in [1.54, 1.807) is 54.7 Å². The summed E-state index contributed by atoms with van der Waals surface area (Å²) in [5.74, 6) is 4.67. The van der Waals surface area contributed by atoms with Crippen molar-refractivity contribution in [2.24, 2.45) is 5.84 Å². The van der Waals surface area contributed by atoms with E-state index in [2.05, 4.69) is 0 Å². The van der Waals surface area contributed by atoms with Crippen LogP contribution in [0.2, 0.25) is 0 Å². The smallest absolute Gasteiger partial charge is 0.280 e. The first-order valence-corrected chi connectivity index (χ1v) is 9.94. The van der Waals surface area contributed by atoms with Crippen LogP contribution in [0.15, 0.2) is 89.6 Å². The number of sulfonamides is 1. The number of nitrogens with two attached hydrogens (primary N) is 1. The molecule has 0 fully saturated rings. The zero-order chi connectivity index (χ0) is 20.1. The number of amides is 1. The third-order valence-corrected chi connectivity index (χ3v) is 5.70. The van der Waals surface area contributed by atoms with Gasteiger partial charge in [-0.3, -0.25) is 9.59 Å². The number of hydrazine groups is 1. The van der Waals surface area contributed by atoms with Crippen molar-refractivity contribution in [1.29, 1.82) is 0 Å². The molecule has 8 heteroatoms. The summed E-state index contributed by atoms with van der Waals surface area (Å²) in [6.07, 6.45) is 5.01. The van der Waals surface area contributed by atoms with Crippen LogP contribution in [-0.2, 0) is 14.8 Å². The molecule has 1 heterocycles. The monoisotopic (exact) mass is 397 g/mol. The molecule has 0 aromatic heterocycles. The molecule has 0 saturated carbocycles. The van der Waals surface area contributed by atoms with Gasteiger partial charge in [-0.05, 0) is 18.6 Å². The second kappa shape index (κ2) is 8.20. The van der Waals surface area contributed by atoms with Crippen molar-refractivity contribution in [3.8, 4) is 0 Å². The molecule has 0 bridgehead atoms. The van der Waals surface area contributed by atoms with Gasteiger partial charge >= 0.3 is 0 Å². The molecule has 144 valence electrons. The molecule has 2 aromatic carbocycles. The maximum atomic E-state index is 12.6. The average molecular weight is 397 g/mol. The Kier molecular flexibility index (Phi) is 5.72. The number of hydrogen-bond donors (Lipinski definition) is 1. The molecule has 2 N–H and O–H groups in total. The van der Waals surface area contributed by atoms with Gasteiger partial charge in [0.05, 0.1) is 11.4 Å². The van der Waals surface area contributed by atoms with Crippen LogP contribution in [0.1, 0.15) is 16.8 Å². The maximum Gasteiger partial charge on any atom is 0.280 e. The SMILES string of the molecule is NN(C(=O)C1=CN(CC(=O)c2ccccc2)C=CC1)S(=O)(=O)c1ccccc1. The number of carbonyl (C=O) groups is 2. The highest BCUT2D eigenvalue weighted by Gasteiger charge is 2.29. The Morgan fingerprint density at radius 1 is 1.00 bits per heavy atom. The third kappa shape index (κ3) is 4.19. The van der Waals surface area contributed by atoms with Crippen molar-refractivity contribution >= 4 is 21.7 Å². The summed E-state index contributed by atoms with van der Waals surface area (Å²) in [6.45, 7) is 0.0211. The summed E-state index contributed by atoms with van der Waals surface area (Å²) in [6, 6.07) is 16.3. The highest BCUT2D eigenvalue weighted by molar-refractivity contribution is 7.89. The van der Waals surface area contributed by atoms with Gasteiger partial charge < -0.3 is 4.90 Å². The van der Waals surface area contributed by atoms with Gasteiger partial charge in [0.2, 0.25) is 0 Å². The minimum atomic E-state index is -4.16. The molecular formula is C20H19N3O4S. The standard InChI is InChI=1S/C20H19N3O4S/c21-23(28(26,27)18-11-5-2-6-12-18)20(25)17-10-7-13-22(14-17)15-19(24)16-8-3-1-4-9-16/h1-9,11-14H,10,15,21H2. The number of nitrogens with zero attached hydrogens (tertiary/aromatic N) is 2. The quantitative estimate of drug-likeness (QED) is 0.347. The molecule has 3 rings (SSSR count). The summed E-state index contributed by atoms with van der Waals surface area (Å²) in [7, 11) is -4.16. The predicted molar refractivity (Wildman–Crippen MR) is 104 cm³/mol. The fourth-order valence-corrected chi connectivity index (χ4v) is 3.75. The van der Waals surface area contributed by atoms with Crippen LogP contribution in [0.5, 0.6) is 0 Å². The molecule has 2 aromatic rings. The zero-order valence-electron chi connectivity index (χ0n) is 14.9. The van der Waals surface area contributed by atoms with Crippen LogP contribution in [-0.4, -0.2) is 36.0 Å². The number of allylic oxidation sites excluding steroid dienone is 1. The topological polar surface area (TPSA) is 101 Å². The minimum Gasteiger partial charge on any atom is -0.346 e. The van der Waals surface area contributed by atoms with Crippen LogP contribution in [0, 0.1) is 0 Å². The van der Waals surface area contributed by atoms with Gasteiger partial charge in [-0.15, -0.1) is 0 Å². The van der Waals surface area contributed by atoms with E-state index in [-0.39, 0.29) is 33.6 Å². The van der Waals surface area contributed by atoms with Crippen molar-refractivity contribution < 1.29 is 18.0 Å². The molecule has 0 saturated heterocycles. The molecule has 0 atom stereocenters. The van der Waals surface area contributed by atoms with Crippen molar-refractivity contribution in [1.82, 2.24) is 9.31 Å². The molecule has 1 aliphatic rings. The van der Waals surface area contributed by atoms with Gasteiger partial charge in [0.1, 0.15) is 0 Å². The Morgan fingerprint density at radius 2 is 1.61 bits per heavy atom. The van der Waals surface area contributed by atoms with Crippen molar-refractivity contribution in [2.45, 2.75) is 11.3 Å². The van der Waals surface area contributed by atoms with E-state index in [1.165, 1.54) is 23.2 Å². The van der Waals surface area contributed by atoms with Crippen LogP contribution in [0.4, 0.5) is 0 Å². The lowest BCUT2D eigenvalue weighted by atomic mass is 10.1. The fourth-order valence-electron chi connectivity index (χ4n) is 2.69. The van der Waals surface area contributed by atoms with E-state index >= 15 is 0 Å². The van der Waals surface area contributed by atoms with Crippen LogP contribution >= 0.6 is 0 Å². The third-order valence-electron chi connectivity index (χ3n) is 4.15. The number of carbonyl (C=O) groups excluding carboxylic acids is 2. The van der Waals surface area contributed by atoms with Gasteiger partial charge in [0.15, 0.2) is 5.78 Å². The van der Waals surface area contributed by atoms with E-state index in [1.807, 2.05) is 6.07 Å². The second-order valence-corrected chi connectivity index (χ2v) is 7.94. The predicted octanol–water partition coefficient (Wildman–Crippen LogP) is 2.06. The van der Waals surface area contributed by atoms with E-state index in [0.717, 1.165) is 0 Å². The van der Waals surface area contributed by atoms with Gasteiger partial charge in [-0.1, -0.05) is 54.6 Å². The molecule has 7 nitrogen and oxygen atoms in total. The average Bonchev–Trinajstić information content (AvgIpc) is 2.74. The van der Waals surface area contributed by atoms with E-state index in [9.17, 15) is 18.0 Å². The lowest BCUT2D eigenvalue weighted by molar-refractivity contribution is -0.123. The normalized spacial score (nSPS) is 13.8. The molecule has 1 aliphatic heterocycles. The fraction of sp³-hybridized carbons (Fsp3) is 0.100. The van der Waals surface area contributed by atoms with E-state index < -0.39 is 15.9 Å². The van der Waals surface area contributed by atoms with Crippen molar-refractivity contribution in [3.63, 3.8) is 0 Å². The molecule has 0 radical (unpaired) electrons. The number of benzene rings is 2. The van der Waals surface area contributed by atoms with Crippen molar-refractivity contribution in [3.05, 3.63) is 90.3 Å². The lowest BCUT2D eigenvalue weighted by Gasteiger charge is -2.23. The lowest BCUT2D eigenvalue weighted by Crippen LogP contribution is -2.43. The van der Waals surface area contributed by atoms with E-state index in [4.69, 9.17) is 5.84 Å². The highest BCUT2D eigenvalue weighted by atomic mass is 32.2. The first-order valence-electron chi connectivity index (χ1n) is 8.50.